The van der Waals surface area contributed by atoms with Crippen LogP contribution in [0, 0.1) is 5.82 Å². The van der Waals surface area contributed by atoms with Crippen molar-refractivity contribution in [1.82, 2.24) is 25.1 Å². The zero-order chi connectivity index (χ0) is 20.4. The van der Waals surface area contributed by atoms with E-state index in [4.69, 9.17) is 0 Å². The van der Waals surface area contributed by atoms with E-state index in [0.29, 0.717) is 22.6 Å². The Morgan fingerprint density at radius 2 is 1.76 bits per heavy atom. The van der Waals surface area contributed by atoms with Crippen molar-refractivity contribution in [2.45, 2.75) is 13.0 Å². The van der Waals surface area contributed by atoms with Crippen molar-refractivity contribution in [2.75, 3.05) is 11.9 Å². The first-order valence-electron chi connectivity index (χ1n) is 8.78. The molecule has 0 unspecified atom stereocenters. The molecule has 3 amide bonds. The number of carbonyl (C=O) groups excluding carboxylic acids is 3. The number of aromatic nitrogens is 4. The molecule has 0 spiro atoms. The highest BCUT2D eigenvalue weighted by Gasteiger charge is 2.34. The maximum atomic E-state index is 13.2. The van der Waals surface area contributed by atoms with Crippen LogP contribution in [0.1, 0.15) is 26.5 Å². The molecule has 10 heteroatoms. The molecule has 0 aliphatic carbocycles. The summed E-state index contributed by atoms with van der Waals surface area (Å²) in [6, 6.07) is 12.1. The van der Waals surface area contributed by atoms with Crippen LogP contribution in [0.3, 0.4) is 0 Å². The number of hydrogen-bond acceptors (Lipinski definition) is 6. The number of halogens is 1. The Hall–Kier alpha value is -3.95. The van der Waals surface area contributed by atoms with E-state index >= 15 is 0 Å². The fraction of sp³-hybridized carbons (Fsp3) is 0.158. The molecule has 0 fully saturated rings. The van der Waals surface area contributed by atoms with Gasteiger partial charge in [-0.1, -0.05) is 18.2 Å². The Balaban J connectivity index is 1.34. The number of fused-ring (bicyclic) bond motifs is 1. The van der Waals surface area contributed by atoms with Crippen LogP contribution in [-0.4, -0.2) is 49.4 Å². The number of tetrazole rings is 1. The number of benzene rings is 2. The first-order chi connectivity index (χ1) is 14.0. The maximum Gasteiger partial charge on any atom is 0.261 e. The minimum atomic E-state index is -0.461. The van der Waals surface area contributed by atoms with Crippen molar-refractivity contribution in [3.63, 3.8) is 0 Å². The molecule has 1 aliphatic heterocycles. The molecule has 0 saturated heterocycles. The summed E-state index contributed by atoms with van der Waals surface area (Å²) >= 11 is 0. The van der Waals surface area contributed by atoms with Crippen LogP contribution in [0.5, 0.6) is 0 Å². The Morgan fingerprint density at radius 1 is 1.03 bits per heavy atom. The number of anilines is 1. The van der Waals surface area contributed by atoms with Crippen LogP contribution in [0.15, 0.2) is 48.5 Å². The molecular weight excluding hydrogens is 379 g/mol. The zero-order valence-corrected chi connectivity index (χ0v) is 15.1. The number of amides is 3. The van der Waals surface area contributed by atoms with Gasteiger partial charge in [-0.2, -0.15) is 4.80 Å². The van der Waals surface area contributed by atoms with Gasteiger partial charge in [0.2, 0.25) is 5.91 Å². The summed E-state index contributed by atoms with van der Waals surface area (Å²) in [6.07, 6.45) is 0.205. The minimum Gasteiger partial charge on any atom is -0.324 e. The normalized spacial score (nSPS) is 12.9. The predicted octanol–water partition coefficient (Wildman–Crippen LogP) is 1.29. The van der Waals surface area contributed by atoms with E-state index in [1.54, 1.807) is 30.3 Å². The summed E-state index contributed by atoms with van der Waals surface area (Å²) in [5, 5.41) is 14.2. The van der Waals surface area contributed by atoms with Crippen molar-refractivity contribution in [3.05, 3.63) is 71.3 Å². The average Bonchev–Trinajstić information content (AvgIpc) is 3.23. The van der Waals surface area contributed by atoms with Gasteiger partial charge in [0.15, 0.2) is 5.82 Å². The van der Waals surface area contributed by atoms with E-state index in [1.165, 1.54) is 18.2 Å². The minimum absolute atomic E-state index is 0.105. The van der Waals surface area contributed by atoms with Gasteiger partial charge in [0.25, 0.3) is 11.8 Å². The summed E-state index contributed by atoms with van der Waals surface area (Å²) in [6.45, 7) is -0.107. The molecule has 0 bridgehead atoms. The first kappa shape index (κ1) is 18.4. The number of hydrogen-bond donors (Lipinski definition) is 1. The molecule has 9 nitrogen and oxygen atoms in total. The number of nitrogens with zero attached hydrogens (tertiary/aromatic N) is 5. The molecule has 0 saturated carbocycles. The molecule has 4 rings (SSSR count). The van der Waals surface area contributed by atoms with Crippen molar-refractivity contribution >= 4 is 23.4 Å². The highest BCUT2D eigenvalue weighted by Crippen LogP contribution is 2.22. The van der Waals surface area contributed by atoms with Gasteiger partial charge in [0, 0.05) is 18.7 Å². The smallest absolute Gasteiger partial charge is 0.261 e. The summed E-state index contributed by atoms with van der Waals surface area (Å²) < 4.78 is 13.2. The molecular formula is C19H15FN6O3. The molecule has 146 valence electrons. The summed E-state index contributed by atoms with van der Waals surface area (Å²) in [4.78, 5) is 38.9. The van der Waals surface area contributed by atoms with Crippen LogP contribution in [0.4, 0.5) is 10.1 Å². The molecule has 0 radical (unpaired) electrons. The second-order valence-corrected chi connectivity index (χ2v) is 6.35. The van der Waals surface area contributed by atoms with E-state index in [0.717, 1.165) is 9.70 Å². The zero-order valence-electron chi connectivity index (χ0n) is 15.1. The Morgan fingerprint density at radius 3 is 2.45 bits per heavy atom. The number of nitrogens with one attached hydrogen (secondary N) is 1. The van der Waals surface area contributed by atoms with Crippen LogP contribution in [0.2, 0.25) is 0 Å². The van der Waals surface area contributed by atoms with Crippen LogP contribution < -0.4 is 5.32 Å². The fourth-order valence-electron chi connectivity index (χ4n) is 2.99. The van der Waals surface area contributed by atoms with Gasteiger partial charge in [-0.25, -0.2) is 4.39 Å². The monoisotopic (exact) mass is 394 g/mol. The molecule has 29 heavy (non-hydrogen) atoms. The molecule has 1 N–H and O–H groups in total. The second kappa shape index (κ2) is 7.58. The van der Waals surface area contributed by atoms with Crippen LogP contribution >= 0.6 is 0 Å². The number of carbonyl (C=O) groups is 3. The van der Waals surface area contributed by atoms with E-state index in [9.17, 15) is 18.8 Å². The molecule has 1 aromatic heterocycles. The van der Waals surface area contributed by atoms with Gasteiger partial charge in [0.05, 0.1) is 11.1 Å². The maximum absolute atomic E-state index is 13.2. The highest BCUT2D eigenvalue weighted by atomic mass is 19.1. The van der Waals surface area contributed by atoms with Crippen molar-refractivity contribution in [3.8, 4) is 0 Å². The third kappa shape index (κ3) is 3.86. The van der Waals surface area contributed by atoms with Gasteiger partial charge in [-0.15, -0.1) is 10.2 Å². The molecule has 0 atom stereocenters. The lowest BCUT2D eigenvalue weighted by Gasteiger charge is -2.11. The lowest BCUT2D eigenvalue weighted by atomic mass is 10.1. The fourth-order valence-corrected chi connectivity index (χ4v) is 2.99. The van der Waals surface area contributed by atoms with Crippen molar-refractivity contribution in [1.29, 1.82) is 0 Å². The first-order valence-corrected chi connectivity index (χ1v) is 8.78. The quantitative estimate of drug-likeness (QED) is 0.631. The van der Waals surface area contributed by atoms with E-state index in [1.807, 2.05) is 0 Å². The van der Waals surface area contributed by atoms with Crippen molar-refractivity contribution in [2.24, 2.45) is 0 Å². The average molecular weight is 394 g/mol. The summed E-state index contributed by atoms with van der Waals surface area (Å²) in [5.41, 5.74) is 1.08. The van der Waals surface area contributed by atoms with Gasteiger partial charge in [-0.05, 0) is 35.5 Å². The molecule has 2 heterocycles. The van der Waals surface area contributed by atoms with Crippen LogP contribution in [-0.2, 0) is 17.8 Å². The van der Waals surface area contributed by atoms with E-state index in [2.05, 4.69) is 20.7 Å². The molecule has 2 aromatic carbocycles. The van der Waals surface area contributed by atoms with Gasteiger partial charge >= 0.3 is 0 Å². The SMILES string of the molecule is O=C(Cn1nnc(CCN2C(=O)c3ccccc3C2=O)n1)Nc1cccc(F)c1. The van der Waals surface area contributed by atoms with Crippen LogP contribution in [0.25, 0.3) is 0 Å². The highest BCUT2D eigenvalue weighted by molar-refractivity contribution is 6.21. The number of imide groups is 1. The predicted molar refractivity (Wildman–Crippen MR) is 98.4 cm³/mol. The molecule has 3 aromatic rings. The third-order valence-corrected chi connectivity index (χ3v) is 4.32. The largest absolute Gasteiger partial charge is 0.324 e. The van der Waals surface area contributed by atoms with Crippen molar-refractivity contribution < 1.29 is 18.8 Å². The Labute approximate surface area is 164 Å². The standard InChI is InChI=1S/C19H15FN6O3/c20-12-4-3-5-13(10-12)21-17(27)11-26-23-16(22-24-26)8-9-25-18(28)14-6-1-2-7-15(14)19(25)29/h1-7,10H,8-9,11H2,(H,21,27). The van der Waals surface area contributed by atoms with Gasteiger partial charge < -0.3 is 5.32 Å². The lowest BCUT2D eigenvalue weighted by Crippen LogP contribution is -2.32. The van der Waals surface area contributed by atoms with Gasteiger partial charge in [0.1, 0.15) is 12.4 Å². The molecule has 1 aliphatic rings. The number of rotatable bonds is 6. The second-order valence-electron chi connectivity index (χ2n) is 6.35. The summed E-state index contributed by atoms with van der Waals surface area (Å²) in [7, 11) is 0. The topological polar surface area (TPSA) is 110 Å². The lowest BCUT2D eigenvalue weighted by molar-refractivity contribution is -0.117. The van der Waals surface area contributed by atoms with E-state index < -0.39 is 11.7 Å². The Bertz CT molecular complexity index is 1080. The van der Waals surface area contributed by atoms with E-state index in [-0.39, 0.29) is 31.3 Å². The van der Waals surface area contributed by atoms with Gasteiger partial charge in [-0.3, -0.25) is 19.3 Å². The summed E-state index contributed by atoms with van der Waals surface area (Å²) in [5.74, 6) is -1.32. The Kier molecular flexibility index (Phi) is 4.82. The third-order valence-electron chi connectivity index (χ3n) is 4.32.